The summed E-state index contributed by atoms with van der Waals surface area (Å²) >= 11 is 0. The van der Waals surface area contributed by atoms with Crippen molar-refractivity contribution < 1.29 is 14.3 Å². The molecule has 0 rings (SSSR count). The molecule has 0 aromatic rings. The lowest BCUT2D eigenvalue weighted by molar-refractivity contribution is 0.0543. The molecular formula is C13H18O3. The molecule has 0 spiro atoms. The topological polar surface area (TPSA) is 35.5 Å². The van der Waals surface area contributed by atoms with Crippen molar-refractivity contribution in [3.8, 4) is 23.7 Å². The Hall–Kier alpha value is -1.61. The van der Waals surface area contributed by atoms with E-state index in [0.29, 0.717) is 13.2 Å². The first kappa shape index (κ1) is 14.4. The highest BCUT2D eigenvalue weighted by Crippen LogP contribution is 1.94. The van der Waals surface area contributed by atoms with Crippen LogP contribution < -0.4 is 0 Å². The van der Waals surface area contributed by atoms with E-state index in [2.05, 4.69) is 23.7 Å². The van der Waals surface area contributed by atoms with E-state index < -0.39 is 6.16 Å². The zero-order valence-electron chi connectivity index (χ0n) is 9.97. The molecule has 0 unspecified atom stereocenters. The van der Waals surface area contributed by atoms with Gasteiger partial charge in [0.1, 0.15) is 0 Å². The lowest BCUT2D eigenvalue weighted by Crippen LogP contribution is -2.09. The SMILES string of the molecule is CC#CCCCOC(=O)OCCCC#CC. The molecule has 0 fully saturated rings. The zero-order chi connectivity index (χ0) is 12.1. The van der Waals surface area contributed by atoms with E-state index in [9.17, 15) is 4.79 Å². The van der Waals surface area contributed by atoms with Crippen molar-refractivity contribution in [1.29, 1.82) is 0 Å². The molecule has 0 amide bonds. The molecule has 0 atom stereocenters. The molecule has 0 N–H and O–H groups in total. The highest BCUT2D eigenvalue weighted by atomic mass is 16.7. The van der Waals surface area contributed by atoms with Gasteiger partial charge in [-0.3, -0.25) is 0 Å². The Morgan fingerprint density at radius 1 is 0.938 bits per heavy atom. The molecule has 0 saturated carbocycles. The van der Waals surface area contributed by atoms with Gasteiger partial charge >= 0.3 is 6.16 Å². The minimum atomic E-state index is -0.603. The standard InChI is InChI=1S/C13H18O3/c1-3-5-7-9-11-15-13(14)16-12-10-8-6-4-2/h7-12H2,1-2H3. The Labute approximate surface area is 97.5 Å². The normalized spacial score (nSPS) is 8.12. The van der Waals surface area contributed by atoms with Gasteiger partial charge in [0.05, 0.1) is 13.2 Å². The van der Waals surface area contributed by atoms with Gasteiger partial charge in [0, 0.05) is 12.8 Å². The van der Waals surface area contributed by atoms with Gasteiger partial charge in [0.2, 0.25) is 0 Å². The molecule has 0 heterocycles. The monoisotopic (exact) mass is 222 g/mol. The minimum Gasteiger partial charge on any atom is -0.434 e. The van der Waals surface area contributed by atoms with Gasteiger partial charge < -0.3 is 9.47 Å². The number of hydrogen-bond acceptors (Lipinski definition) is 3. The summed E-state index contributed by atoms with van der Waals surface area (Å²) in [5.74, 6) is 11.3. The number of carbonyl (C=O) groups is 1. The average Bonchev–Trinajstić information content (AvgIpc) is 2.28. The van der Waals surface area contributed by atoms with E-state index in [1.807, 2.05) is 0 Å². The molecule has 0 aliphatic heterocycles. The van der Waals surface area contributed by atoms with Crippen LogP contribution >= 0.6 is 0 Å². The van der Waals surface area contributed by atoms with Crippen molar-refractivity contribution in [1.82, 2.24) is 0 Å². The summed E-state index contributed by atoms with van der Waals surface area (Å²) in [6, 6.07) is 0. The van der Waals surface area contributed by atoms with Crippen LogP contribution in [0.3, 0.4) is 0 Å². The summed E-state index contributed by atoms with van der Waals surface area (Å²) in [7, 11) is 0. The predicted octanol–water partition coefficient (Wildman–Crippen LogP) is 2.75. The van der Waals surface area contributed by atoms with Crippen molar-refractivity contribution in [3.63, 3.8) is 0 Å². The van der Waals surface area contributed by atoms with Crippen LogP contribution in [0.5, 0.6) is 0 Å². The number of ether oxygens (including phenoxy) is 2. The van der Waals surface area contributed by atoms with E-state index in [4.69, 9.17) is 9.47 Å². The van der Waals surface area contributed by atoms with E-state index in [-0.39, 0.29) is 0 Å². The summed E-state index contributed by atoms with van der Waals surface area (Å²) in [5, 5.41) is 0. The van der Waals surface area contributed by atoms with E-state index >= 15 is 0 Å². The molecule has 3 heteroatoms. The van der Waals surface area contributed by atoms with Crippen molar-refractivity contribution in [3.05, 3.63) is 0 Å². The molecule has 0 aromatic heterocycles. The van der Waals surface area contributed by atoms with Crippen molar-refractivity contribution >= 4 is 6.16 Å². The van der Waals surface area contributed by atoms with Gasteiger partial charge in [-0.25, -0.2) is 4.79 Å². The molecule has 0 saturated heterocycles. The lowest BCUT2D eigenvalue weighted by atomic mass is 10.3. The fourth-order valence-corrected chi connectivity index (χ4v) is 0.924. The van der Waals surface area contributed by atoms with Crippen LogP contribution in [0.25, 0.3) is 0 Å². The van der Waals surface area contributed by atoms with Gasteiger partial charge in [0.25, 0.3) is 0 Å². The van der Waals surface area contributed by atoms with Gasteiger partial charge in [0.15, 0.2) is 0 Å². The summed E-state index contributed by atoms with van der Waals surface area (Å²) in [6.07, 6.45) is 2.38. The number of rotatable bonds is 6. The van der Waals surface area contributed by atoms with Crippen molar-refractivity contribution in [2.24, 2.45) is 0 Å². The maximum Gasteiger partial charge on any atom is 0.508 e. The summed E-state index contributed by atoms with van der Waals surface area (Å²) in [6.45, 7) is 4.30. The summed E-state index contributed by atoms with van der Waals surface area (Å²) in [4.78, 5) is 11.0. The van der Waals surface area contributed by atoms with Crippen LogP contribution in [-0.4, -0.2) is 19.4 Å². The summed E-state index contributed by atoms with van der Waals surface area (Å²) < 4.78 is 9.66. The minimum absolute atomic E-state index is 0.363. The highest BCUT2D eigenvalue weighted by molar-refractivity contribution is 5.59. The smallest absolute Gasteiger partial charge is 0.434 e. The second kappa shape index (κ2) is 11.5. The third kappa shape index (κ3) is 10.5. The Morgan fingerprint density at radius 2 is 1.38 bits per heavy atom. The second-order valence-corrected chi connectivity index (χ2v) is 3.01. The first-order chi connectivity index (χ1) is 7.81. The van der Waals surface area contributed by atoms with Gasteiger partial charge in [-0.1, -0.05) is 0 Å². The second-order valence-electron chi connectivity index (χ2n) is 3.01. The van der Waals surface area contributed by atoms with Crippen LogP contribution in [0, 0.1) is 23.7 Å². The quantitative estimate of drug-likeness (QED) is 0.394. The zero-order valence-corrected chi connectivity index (χ0v) is 9.97. The maximum atomic E-state index is 11.0. The van der Waals surface area contributed by atoms with E-state index in [1.165, 1.54) is 0 Å². The lowest BCUT2D eigenvalue weighted by Gasteiger charge is -2.03. The number of unbranched alkanes of at least 4 members (excludes halogenated alkanes) is 2. The first-order valence-electron chi connectivity index (χ1n) is 5.40. The predicted molar refractivity (Wildman–Crippen MR) is 62.7 cm³/mol. The molecule has 0 aliphatic rings. The Kier molecular flexibility index (Phi) is 10.3. The van der Waals surface area contributed by atoms with E-state index in [1.54, 1.807) is 13.8 Å². The van der Waals surface area contributed by atoms with Crippen LogP contribution in [0.15, 0.2) is 0 Å². The largest absolute Gasteiger partial charge is 0.508 e. The highest BCUT2D eigenvalue weighted by Gasteiger charge is 2.01. The third-order valence-corrected chi connectivity index (χ3v) is 1.69. The Balaban J connectivity index is 3.28. The van der Waals surface area contributed by atoms with Gasteiger partial charge in [-0.05, 0) is 26.7 Å². The molecular weight excluding hydrogens is 204 g/mol. The molecule has 0 aromatic carbocycles. The third-order valence-electron chi connectivity index (χ3n) is 1.69. The first-order valence-corrected chi connectivity index (χ1v) is 5.40. The van der Waals surface area contributed by atoms with Crippen molar-refractivity contribution in [2.75, 3.05) is 13.2 Å². The Morgan fingerprint density at radius 3 is 1.75 bits per heavy atom. The number of carbonyl (C=O) groups excluding carboxylic acids is 1. The molecule has 0 bridgehead atoms. The van der Waals surface area contributed by atoms with Gasteiger partial charge in [-0.15, -0.1) is 23.7 Å². The fraction of sp³-hybridized carbons (Fsp3) is 0.615. The van der Waals surface area contributed by atoms with Crippen LogP contribution in [0.4, 0.5) is 4.79 Å². The van der Waals surface area contributed by atoms with Crippen molar-refractivity contribution in [2.45, 2.75) is 39.5 Å². The molecule has 16 heavy (non-hydrogen) atoms. The summed E-state index contributed by atoms with van der Waals surface area (Å²) in [5.41, 5.74) is 0. The van der Waals surface area contributed by atoms with Gasteiger partial charge in [-0.2, -0.15) is 0 Å². The fourth-order valence-electron chi connectivity index (χ4n) is 0.924. The average molecular weight is 222 g/mol. The maximum absolute atomic E-state index is 11.0. The van der Waals surface area contributed by atoms with Crippen LogP contribution in [0.2, 0.25) is 0 Å². The van der Waals surface area contributed by atoms with Crippen LogP contribution in [0.1, 0.15) is 39.5 Å². The molecule has 0 aliphatic carbocycles. The molecule has 0 radical (unpaired) electrons. The van der Waals surface area contributed by atoms with E-state index in [0.717, 1.165) is 25.7 Å². The van der Waals surface area contributed by atoms with Crippen LogP contribution in [-0.2, 0) is 9.47 Å². The Bertz CT molecular complexity index is 269. The number of hydrogen-bond donors (Lipinski definition) is 0. The molecule has 3 nitrogen and oxygen atoms in total. The molecule has 88 valence electrons.